The van der Waals surface area contributed by atoms with Gasteiger partial charge in [0.15, 0.2) is 11.5 Å². The number of cyclic esters (lactones) is 1. The van der Waals surface area contributed by atoms with E-state index in [1.165, 1.54) is 12.8 Å². The lowest BCUT2D eigenvalue weighted by Gasteiger charge is -2.27. The molecular weight excluding hydrogens is 436 g/mol. The summed E-state index contributed by atoms with van der Waals surface area (Å²) >= 11 is 0. The van der Waals surface area contributed by atoms with E-state index in [0.717, 1.165) is 29.5 Å². The molecule has 1 heterocycles. The minimum atomic E-state index is -0.834. The fraction of sp³-hybridized carbons (Fsp3) is 0.481. The molecule has 182 valence electrons. The Hall–Kier alpha value is -3.22. The van der Waals surface area contributed by atoms with Crippen molar-refractivity contribution in [2.75, 3.05) is 20.8 Å². The van der Waals surface area contributed by atoms with Gasteiger partial charge in [-0.25, -0.2) is 4.79 Å². The first-order chi connectivity index (χ1) is 16.3. The predicted octanol–water partition coefficient (Wildman–Crippen LogP) is 5.32. The molecule has 0 N–H and O–H groups in total. The molecule has 0 atom stereocenters. The second-order valence-corrected chi connectivity index (χ2v) is 9.50. The van der Waals surface area contributed by atoms with Crippen molar-refractivity contribution >= 4 is 11.9 Å². The molecule has 0 bridgehead atoms. The predicted molar refractivity (Wildman–Crippen MR) is 126 cm³/mol. The Balaban J connectivity index is 1.57. The van der Waals surface area contributed by atoms with Crippen LogP contribution in [0, 0.1) is 5.92 Å². The Kier molecular flexibility index (Phi) is 7.00. The van der Waals surface area contributed by atoms with Gasteiger partial charge in [0.05, 0.1) is 19.8 Å². The molecule has 2 aromatic rings. The van der Waals surface area contributed by atoms with Crippen LogP contribution < -0.4 is 14.2 Å². The Morgan fingerprint density at radius 1 is 1.03 bits per heavy atom. The van der Waals surface area contributed by atoms with Gasteiger partial charge in [0, 0.05) is 17.5 Å². The van der Waals surface area contributed by atoms with Gasteiger partial charge in [-0.1, -0.05) is 18.9 Å². The van der Waals surface area contributed by atoms with Gasteiger partial charge >= 0.3 is 11.9 Å². The second-order valence-electron chi connectivity index (χ2n) is 9.50. The van der Waals surface area contributed by atoms with Gasteiger partial charge in [-0.05, 0) is 62.4 Å². The summed E-state index contributed by atoms with van der Waals surface area (Å²) in [6, 6.07) is 9.22. The van der Waals surface area contributed by atoms with Crippen molar-refractivity contribution in [2.45, 2.75) is 58.2 Å². The summed E-state index contributed by atoms with van der Waals surface area (Å²) in [5, 5.41) is 0. The van der Waals surface area contributed by atoms with Gasteiger partial charge in [0.2, 0.25) is 5.75 Å². The quantitative estimate of drug-likeness (QED) is 0.461. The van der Waals surface area contributed by atoms with Crippen LogP contribution in [0.5, 0.6) is 17.2 Å². The highest BCUT2D eigenvalue weighted by atomic mass is 16.6. The third kappa shape index (κ3) is 5.13. The number of rotatable bonds is 9. The summed E-state index contributed by atoms with van der Waals surface area (Å²) in [5.41, 5.74) is 2.18. The van der Waals surface area contributed by atoms with E-state index in [4.69, 9.17) is 23.7 Å². The maximum atomic E-state index is 12.5. The van der Waals surface area contributed by atoms with Crippen molar-refractivity contribution in [3.8, 4) is 28.4 Å². The molecule has 4 rings (SSSR count). The van der Waals surface area contributed by atoms with Crippen LogP contribution in [0.2, 0.25) is 0 Å². The molecule has 0 radical (unpaired) electrons. The second kappa shape index (κ2) is 9.95. The van der Waals surface area contributed by atoms with E-state index < -0.39 is 5.60 Å². The standard InChI is InChI=1S/C27H32O7/c1-27(2,34-23(28)13-17-7-5-6-8-17)16-33-24-20(11-12-22(30-3)25(24)31-4)18-9-10-21-19(14-18)15-32-26(21)29/h9-12,14,17H,5-8,13,15-16H2,1-4H3. The average molecular weight is 469 g/mol. The van der Waals surface area contributed by atoms with Crippen LogP contribution in [0.1, 0.15) is 61.9 Å². The molecule has 0 unspecified atom stereocenters. The van der Waals surface area contributed by atoms with E-state index in [2.05, 4.69) is 0 Å². The molecule has 1 aliphatic carbocycles. The zero-order chi connectivity index (χ0) is 24.3. The molecule has 34 heavy (non-hydrogen) atoms. The number of hydrogen-bond acceptors (Lipinski definition) is 7. The summed E-state index contributed by atoms with van der Waals surface area (Å²) in [6.07, 6.45) is 5.01. The molecule has 1 fully saturated rings. The first-order valence-electron chi connectivity index (χ1n) is 11.7. The summed E-state index contributed by atoms with van der Waals surface area (Å²) < 4.78 is 28.3. The molecule has 2 aliphatic rings. The molecule has 7 heteroatoms. The summed E-state index contributed by atoms with van der Waals surface area (Å²) in [6.45, 7) is 4.05. The highest BCUT2D eigenvalue weighted by molar-refractivity contribution is 5.94. The van der Waals surface area contributed by atoms with Gasteiger partial charge in [-0.2, -0.15) is 0 Å². The first-order valence-corrected chi connectivity index (χ1v) is 11.7. The normalized spacial score (nSPS) is 15.6. The number of carbonyl (C=O) groups is 2. The Morgan fingerprint density at radius 2 is 1.76 bits per heavy atom. The minimum Gasteiger partial charge on any atom is -0.493 e. The van der Waals surface area contributed by atoms with E-state index >= 15 is 0 Å². The number of esters is 2. The zero-order valence-corrected chi connectivity index (χ0v) is 20.3. The number of methoxy groups -OCH3 is 2. The van der Waals surface area contributed by atoms with Crippen LogP contribution in [-0.4, -0.2) is 38.4 Å². The number of fused-ring (bicyclic) bond motifs is 1. The lowest BCUT2D eigenvalue weighted by atomic mass is 9.99. The smallest absolute Gasteiger partial charge is 0.338 e. The van der Waals surface area contributed by atoms with Crippen LogP contribution in [-0.2, 0) is 20.9 Å². The van der Waals surface area contributed by atoms with E-state index in [1.54, 1.807) is 20.3 Å². The third-order valence-electron chi connectivity index (χ3n) is 6.38. The van der Waals surface area contributed by atoms with Crippen LogP contribution in [0.15, 0.2) is 30.3 Å². The maximum absolute atomic E-state index is 12.5. The Bertz CT molecular complexity index is 1070. The van der Waals surface area contributed by atoms with E-state index in [-0.39, 0.29) is 25.2 Å². The number of benzene rings is 2. The topological polar surface area (TPSA) is 80.3 Å². The van der Waals surface area contributed by atoms with Crippen molar-refractivity contribution in [2.24, 2.45) is 5.92 Å². The molecule has 0 spiro atoms. The van der Waals surface area contributed by atoms with Gasteiger partial charge in [-0.15, -0.1) is 0 Å². The largest absolute Gasteiger partial charge is 0.493 e. The number of ether oxygens (including phenoxy) is 5. The highest BCUT2D eigenvalue weighted by Gasteiger charge is 2.29. The molecule has 1 saturated carbocycles. The summed E-state index contributed by atoms with van der Waals surface area (Å²) in [4.78, 5) is 24.4. The lowest BCUT2D eigenvalue weighted by Crippen LogP contribution is -2.35. The van der Waals surface area contributed by atoms with Gasteiger partial charge in [-0.3, -0.25) is 4.79 Å². The van der Waals surface area contributed by atoms with Crippen molar-refractivity contribution in [1.82, 2.24) is 0 Å². The summed E-state index contributed by atoms with van der Waals surface area (Å²) in [7, 11) is 3.12. The average Bonchev–Trinajstić information content (AvgIpc) is 3.45. The number of carbonyl (C=O) groups excluding carboxylic acids is 2. The Labute approximate surface area is 200 Å². The highest BCUT2D eigenvalue weighted by Crippen LogP contribution is 2.45. The van der Waals surface area contributed by atoms with E-state index in [9.17, 15) is 9.59 Å². The van der Waals surface area contributed by atoms with Crippen LogP contribution in [0.25, 0.3) is 11.1 Å². The molecule has 7 nitrogen and oxygen atoms in total. The SMILES string of the molecule is COc1ccc(-c2ccc3c(c2)COC3=O)c(OCC(C)(C)OC(=O)CC2CCCC2)c1OC. The van der Waals surface area contributed by atoms with Gasteiger partial charge < -0.3 is 23.7 Å². The molecule has 1 aliphatic heterocycles. The van der Waals surface area contributed by atoms with Crippen molar-refractivity contribution in [3.63, 3.8) is 0 Å². The zero-order valence-electron chi connectivity index (χ0n) is 20.3. The van der Waals surface area contributed by atoms with Crippen LogP contribution in [0.3, 0.4) is 0 Å². The monoisotopic (exact) mass is 468 g/mol. The van der Waals surface area contributed by atoms with E-state index in [1.807, 2.05) is 38.1 Å². The third-order valence-corrected chi connectivity index (χ3v) is 6.38. The molecular formula is C27H32O7. The van der Waals surface area contributed by atoms with Crippen molar-refractivity contribution in [3.05, 3.63) is 41.5 Å². The lowest BCUT2D eigenvalue weighted by molar-refractivity contribution is -0.160. The summed E-state index contributed by atoms with van der Waals surface area (Å²) in [5.74, 6) is 1.36. The molecule has 0 saturated heterocycles. The minimum absolute atomic E-state index is 0.131. The van der Waals surface area contributed by atoms with Crippen molar-refractivity contribution in [1.29, 1.82) is 0 Å². The molecule has 0 aromatic heterocycles. The fourth-order valence-electron chi connectivity index (χ4n) is 4.65. The van der Waals surface area contributed by atoms with Gasteiger partial charge in [0.25, 0.3) is 0 Å². The van der Waals surface area contributed by atoms with Crippen LogP contribution >= 0.6 is 0 Å². The maximum Gasteiger partial charge on any atom is 0.338 e. The van der Waals surface area contributed by atoms with Gasteiger partial charge in [0.1, 0.15) is 18.8 Å². The fourth-order valence-corrected chi connectivity index (χ4v) is 4.65. The Morgan fingerprint density at radius 3 is 2.47 bits per heavy atom. The van der Waals surface area contributed by atoms with Crippen molar-refractivity contribution < 1.29 is 33.3 Å². The first kappa shape index (κ1) is 23.9. The number of hydrogen-bond donors (Lipinski definition) is 0. The molecule has 0 amide bonds. The van der Waals surface area contributed by atoms with E-state index in [0.29, 0.717) is 35.2 Å². The van der Waals surface area contributed by atoms with Crippen LogP contribution in [0.4, 0.5) is 0 Å². The molecule has 2 aromatic carbocycles.